The maximum atomic E-state index is 11.5. The number of benzene rings is 1. The molecule has 1 aromatic rings. The van der Waals surface area contributed by atoms with E-state index in [0.29, 0.717) is 6.42 Å². The van der Waals surface area contributed by atoms with Crippen LogP contribution in [0.2, 0.25) is 5.02 Å². The van der Waals surface area contributed by atoms with Crippen molar-refractivity contribution < 1.29 is 14.6 Å². The minimum Gasteiger partial charge on any atom is -0.469 e. The fraction of sp³-hybridized carbons (Fsp3) is 0.588. The molecule has 1 unspecified atom stereocenters. The van der Waals surface area contributed by atoms with Crippen LogP contribution in [0.1, 0.15) is 36.5 Å². The van der Waals surface area contributed by atoms with E-state index in [1.807, 2.05) is 25.1 Å². The number of rotatable bonds is 5. The molecule has 0 amide bonds. The number of hydrogen-bond donors (Lipinski definition) is 1. The lowest BCUT2D eigenvalue weighted by Gasteiger charge is -2.31. The summed E-state index contributed by atoms with van der Waals surface area (Å²) in [5.41, 5.74) is 1.89. The number of aliphatic hydroxyl groups excluding tert-OH is 1. The number of aryl methyl sites for hydroxylation is 1. The Morgan fingerprint density at radius 3 is 2.73 bits per heavy atom. The molecule has 1 aromatic carbocycles. The van der Waals surface area contributed by atoms with Gasteiger partial charge in [-0.15, -0.1) is 0 Å². The number of carbonyl (C=O) groups excluding carboxylic acids is 1. The molecule has 122 valence electrons. The van der Waals surface area contributed by atoms with Crippen molar-refractivity contribution in [3.8, 4) is 0 Å². The highest BCUT2D eigenvalue weighted by Gasteiger charge is 2.25. The molecule has 22 heavy (non-hydrogen) atoms. The summed E-state index contributed by atoms with van der Waals surface area (Å²) >= 11 is 6.01. The highest BCUT2D eigenvalue weighted by molar-refractivity contribution is 6.31. The van der Waals surface area contributed by atoms with E-state index in [-0.39, 0.29) is 11.9 Å². The summed E-state index contributed by atoms with van der Waals surface area (Å²) < 4.78 is 4.79. The van der Waals surface area contributed by atoms with E-state index in [0.717, 1.165) is 48.6 Å². The first-order valence-electron chi connectivity index (χ1n) is 7.75. The zero-order chi connectivity index (χ0) is 16.1. The predicted octanol–water partition coefficient (Wildman–Crippen LogP) is 2.96. The number of carbonyl (C=O) groups is 1. The number of methoxy groups -OCH3 is 1. The molecule has 5 heteroatoms. The first kappa shape index (κ1) is 17.3. The molecule has 1 N–H and O–H groups in total. The average molecular weight is 326 g/mol. The molecule has 1 aliphatic heterocycles. The summed E-state index contributed by atoms with van der Waals surface area (Å²) in [5, 5.41) is 11.0. The monoisotopic (exact) mass is 325 g/mol. The molecule has 0 bridgehead atoms. The highest BCUT2D eigenvalue weighted by atomic mass is 35.5. The maximum absolute atomic E-state index is 11.5. The standard InChI is InChI=1S/C17H24ClNO3/c1-12-11-14(3-4-15(12)18)16(20)7-10-19-8-5-13(6-9-19)17(21)22-2/h3-4,11,13,16,20H,5-10H2,1-2H3. The first-order valence-corrected chi connectivity index (χ1v) is 8.13. The Labute approximate surface area is 137 Å². The summed E-state index contributed by atoms with van der Waals surface area (Å²) in [7, 11) is 1.44. The van der Waals surface area contributed by atoms with Gasteiger partial charge in [-0.05, 0) is 56.5 Å². The van der Waals surface area contributed by atoms with Crippen LogP contribution in [0, 0.1) is 12.8 Å². The van der Waals surface area contributed by atoms with Gasteiger partial charge in [0.15, 0.2) is 0 Å². The van der Waals surface area contributed by atoms with Crippen LogP contribution in [0.25, 0.3) is 0 Å². The Morgan fingerprint density at radius 2 is 2.14 bits per heavy atom. The van der Waals surface area contributed by atoms with Gasteiger partial charge in [0.2, 0.25) is 0 Å². The van der Waals surface area contributed by atoms with Crippen molar-refractivity contribution in [2.75, 3.05) is 26.7 Å². The number of aliphatic hydroxyl groups is 1. The molecule has 1 saturated heterocycles. The molecule has 2 rings (SSSR count). The number of nitrogens with zero attached hydrogens (tertiary/aromatic N) is 1. The summed E-state index contributed by atoms with van der Waals surface area (Å²) in [6, 6.07) is 5.65. The lowest BCUT2D eigenvalue weighted by molar-refractivity contribution is -0.147. The van der Waals surface area contributed by atoms with Crippen molar-refractivity contribution in [1.82, 2.24) is 4.90 Å². The minimum atomic E-state index is -0.478. The Hall–Kier alpha value is -1.10. The molecule has 1 aliphatic rings. The van der Waals surface area contributed by atoms with Crippen molar-refractivity contribution in [2.45, 2.75) is 32.3 Å². The molecule has 1 heterocycles. The van der Waals surface area contributed by atoms with Gasteiger partial charge in [0.1, 0.15) is 0 Å². The topological polar surface area (TPSA) is 49.8 Å². The quantitative estimate of drug-likeness (QED) is 0.846. The number of halogens is 1. The number of piperidine rings is 1. The Balaban J connectivity index is 1.78. The van der Waals surface area contributed by atoms with E-state index in [1.165, 1.54) is 7.11 Å². The zero-order valence-electron chi connectivity index (χ0n) is 13.2. The minimum absolute atomic E-state index is 0.0325. The highest BCUT2D eigenvalue weighted by Crippen LogP contribution is 2.24. The van der Waals surface area contributed by atoms with Gasteiger partial charge in [-0.2, -0.15) is 0 Å². The van der Waals surface area contributed by atoms with Crippen LogP contribution in [0.5, 0.6) is 0 Å². The van der Waals surface area contributed by atoms with Gasteiger partial charge in [-0.25, -0.2) is 0 Å². The molecule has 0 radical (unpaired) electrons. The normalized spacial score (nSPS) is 18.2. The number of ether oxygens (including phenoxy) is 1. The third-order valence-electron chi connectivity index (χ3n) is 4.41. The van der Waals surface area contributed by atoms with Crippen LogP contribution in [-0.2, 0) is 9.53 Å². The summed E-state index contributed by atoms with van der Waals surface area (Å²) in [6.45, 7) is 4.53. The Bertz CT molecular complexity index is 513. The van der Waals surface area contributed by atoms with Crippen LogP contribution in [0.15, 0.2) is 18.2 Å². The smallest absolute Gasteiger partial charge is 0.308 e. The van der Waals surface area contributed by atoms with E-state index < -0.39 is 6.10 Å². The van der Waals surface area contributed by atoms with Crippen LogP contribution in [-0.4, -0.2) is 42.7 Å². The van der Waals surface area contributed by atoms with Crippen LogP contribution in [0.4, 0.5) is 0 Å². The lowest BCUT2D eigenvalue weighted by atomic mass is 9.96. The maximum Gasteiger partial charge on any atom is 0.308 e. The summed E-state index contributed by atoms with van der Waals surface area (Å²) in [6.07, 6.45) is 1.88. The SMILES string of the molecule is COC(=O)C1CCN(CCC(O)c2ccc(Cl)c(C)c2)CC1. The van der Waals surface area contributed by atoms with E-state index in [9.17, 15) is 9.90 Å². The molecule has 1 atom stereocenters. The molecular formula is C17H24ClNO3. The molecule has 4 nitrogen and oxygen atoms in total. The molecule has 1 fully saturated rings. The fourth-order valence-electron chi connectivity index (χ4n) is 2.91. The molecular weight excluding hydrogens is 302 g/mol. The lowest BCUT2D eigenvalue weighted by Crippen LogP contribution is -2.37. The van der Waals surface area contributed by atoms with Gasteiger partial charge in [0.25, 0.3) is 0 Å². The second-order valence-corrected chi connectivity index (χ2v) is 6.36. The van der Waals surface area contributed by atoms with E-state index in [1.54, 1.807) is 0 Å². The molecule has 0 spiro atoms. The summed E-state index contributed by atoms with van der Waals surface area (Å²) in [5.74, 6) is -0.0681. The van der Waals surface area contributed by atoms with Gasteiger partial charge in [-0.1, -0.05) is 23.7 Å². The Morgan fingerprint density at radius 1 is 1.45 bits per heavy atom. The van der Waals surface area contributed by atoms with E-state index in [4.69, 9.17) is 16.3 Å². The van der Waals surface area contributed by atoms with Crippen molar-refractivity contribution in [3.63, 3.8) is 0 Å². The summed E-state index contributed by atoms with van der Waals surface area (Å²) in [4.78, 5) is 13.8. The second kappa shape index (κ2) is 7.95. The van der Waals surface area contributed by atoms with Crippen molar-refractivity contribution in [3.05, 3.63) is 34.3 Å². The van der Waals surface area contributed by atoms with Gasteiger partial charge < -0.3 is 14.7 Å². The van der Waals surface area contributed by atoms with Gasteiger partial charge in [0.05, 0.1) is 19.1 Å². The first-order chi connectivity index (χ1) is 10.5. The second-order valence-electron chi connectivity index (χ2n) is 5.95. The van der Waals surface area contributed by atoms with Gasteiger partial charge in [0, 0.05) is 11.6 Å². The molecule has 0 saturated carbocycles. The third kappa shape index (κ3) is 4.45. The van der Waals surface area contributed by atoms with Crippen molar-refractivity contribution in [1.29, 1.82) is 0 Å². The fourth-order valence-corrected chi connectivity index (χ4v) is 3.02. The van der Waals surface area contributed by atoms with Gasteiger partial charge >= 0.3 is 5.97 Å². The number of esters is 1. The van der Waals surface area contributed by atoms with Crippen molar-refractivity contribution in [2.24, 2.45) is 5.92 Å². The predicted molar refractivity (Wildman–Crippen MR) is 86.9 cm³/mol. The van der Waals surface area contributed by atoms with Crippen LogP contribution >= 0.6 is 11.6 Å². The van der Waals surface area contributed by atoms with Crippen LogP contribution < -0.4 is 0 Å². The van der Waals surface area contributed by atoms with Crippen molar-refractivity contribution >= 4 is 17.6 Å². The zero-order valence-corrected chi connectivity index (χ0v) is 14.0. The third-order valence-corrected chi connectivity index (χ3v) is 4.83. The van der Waals surface area contributed by atoms with E-state index >= 15 is 0 Å². The van der Waals surface area contributed by atoms with E-state index in [2.05, 4.69) is 4.90 Å². The average Bonchev–Trinajstić information content (AvgIpc) is 2.54. The van der Waals surface area contributed by atoms with Crippen LogP contribution in [0.3, 0.4) is 0 Å². The largest absolute Gasteiger partial charge is 0.469 e. The number of hydrogen-bond acceptors (Lipinski definition) is 4. The molecule has 0 aromatic heterocycles. The molecule has 0 aliphatic carbocycles. The Kier molecular flexibility index (Phi) is 6.24. The number of likely N-dealkylation sites (tertiary alicyclic amines) is 1. The van der Waals surface area contributed by atoms with Gasteiger partial charge in [-0.3, -0.25) is 4.79 Å².